The second-order valence-electron chi connectivity index (χ2n) is 9.31. The molecule has 4 N–H and O–H groups in total. The number of benzene rings is 3. The van der Waals surface area contributed by atoms with Crippen LogP contribution >= 0.6 is 0 Å². The molecule has 40 heavy (non-hydrogen) atoms. The normalized spacial score (nSPS) is 14.0. The van der Waals surface area contributed by atoms with Crippen molar-refractivity contribution < 1.29 is 36.4 Å². The highest BCUT2D eigenvalue weighted by molar-refractivity contribution is 6.08. The first-order valence-corrected chi connectivity index (χ1v) is 12.0. The number of hydrogen-bond acceptors (Lipinski definition) is 6. The van der Waals surface area contributed by atoms with Gasteiger partial charge in [0.1, 0.15) is 11.3 Å². The van der Waals surface area contributed by atoms with Crippen LogP contribution in [0.4, 0.5) is 29.1 Å². The Kier molecular flexibility index (Phi) is 6.48. The SMILES string of the molecule is C=C(F)C(=O)Nc1ccc(-c2ccc3onc(N)c3c2-c2ccc(C(=O)NC3(C(F)(F)F)CC3)c(OC)c2)cc1. The molecule has 5 rings (SSSR count). The number of halogens is 4. The zero-order chi connectivity index (χ0) is 28.8. The van der Waals surface area contributed by atoms with Crippen molar-refractivity contribution in [3.8, 4) is 28.0 Å². The summed E-state index contributed by atoms with van der Waals surface area (Å²) in [6.45, 7) is 2.97. The number of aromatic nitrogens is 1. The predicted octanol–water partition coefficient (Wildman–Crippen LogP) is 6.00. The highest BCUT2D eigenvalue weighted by Gasteiger charge is 2.64. The molecule has 0 bridgehead atoms. The van der Waals surface area contributed by atoms with E-state index in [4.69, 9.17) is 15.0 Å². The molecule has 3 aromatic carbocycles. The summed E-state index contributed by atoms with van der Waals surface area (Å²) in [5.74, 6) is -2.85. The quantitative estimate of drug-likeness (QED) is 0.191. The van der Waals surface area contributed by atoms with Crippen LogP contribution in [0, 0.1) is 0 Å². The molecule has 0 saturated heterocycles. The van der Waals surface area contributed by atoms with Crippen molar-refractivity contribution in [2.75, 3.05) is 18.2 Å². The van der Waals surface area contributed by atoms with Crippen molar-refractivity contribution in [1.82, 2.24) is 10.5 Å². The van der Waals surface area contributed by atoms with Crippen LogP contribution in [0.2, 0.25) is 0 Å². The Morgan fingerprint density at radius 3 is 2.35 bits per heavy atom. The van der Waals surface area contributed by atoms with Gasteiger partial charge in [0.05, 0.1) is 18.1 Å². The Morgan fingerprint density at radius 2 is 1.75 bits per heavy atom. The van der Waals surface area contributed by atoms with Gasteiger partial charge in [0.2, 0.25) is 0 Å². The van der Waals surface area contributed by atoms with Gasteiger partial charge >= 0.3 is 6.18 Å². The molecule has 1 aliphatic carbocycles. The first-order chi connectivity index (χ1) is 18.9. The van der Waals surface area contributed by atoms with E-state index >= 15 is 0 Å². The summed E-state index contributed by atoms with van der Waals surface area (Å²) in [6, 6.07) is 14.4. The lowest BCUT2D eigenvalue weighted by Gasteiger charge is -2.21. The Morgan fingerprint density at radius 1 is 1.07 bits per heavy atom. The lowest BCUT2D eigenvalue weighted by molar-refractivity contribution is -0.163. The zero-order valence-electron chi connectivity index (χ0n) is 21.0. The van der Waals surface area contributed by atoms with E-state index in [1.165, 1.54) is 19.2 Å². The van der Waals surface area contributed by atoms with Crippen molar-refractivity contribution in [2.24, 2.45) is 0 Å². The number of nitrogens with one attached hydrogen (secondary N) is 2. The molecule has 1 aliphatic rings. The highest BCUT2D eigenvalue weighted by Crippen LogP contribution is 2.49. The first-order valence-electron chi connectivity index (χ1n) is 12.0. The molecule has 206 valence electrons. The molecule has 2 amide bonds. The van der Waals surface area contributed by atoms with Crippen LogP contribution < -0.4 is 21.1 Å². The average Bonchev–Trinajstić information content (AvgIpc) is 3.63. The third-order valence-corrected chi connectivity index (χ3v) is 6.75. The number of methoxy groups -OCH3 is 1. The average molecular weight is 555 g/mol. The summed E-state index contributed by atoms with van der Waals surface area (Å²) in [4.78, 5) is 24.5. The maximum Gasteiger partial charge on any atom is 0.411 e. The van der Waals surface area contributed by atoms with E-state index < -0.39 is 29.4 Å². The van der Waals surface area contributed by atoms with Gasteiger partial charge < -0.3 is 25.6 Å². The van der Waals surface area contributed by atoms with Gasteiger partial charge in [0.25, 0.3) is 11.8 Å². The van der Waals surface area contributed by atoms with Crippen molar-refractivity contribution in [3.63, 3.8) is 0 Å². The number of ether oxygens (including phenoxy) is 1. The van der Waals surface area contributed by atoms with Crippen molar-refractivity contribution in [2.45, 2.75) is 24.6 Å². The summed E-state index contributed by atoms with van der Waals surface area (Å²) in [6.07, 6.45) is -4.94. The largest absolute Gasteiger partial charge is 0.496 e. The summed E-state index contributed by atoms with van der Waals surface area (Å²) >= 11 is 0. The highest BCUT2D eigenvalue weighted by atomic mass is 19.4. The van der Waals surface area contributed by atoms with Gasteiger partial charge in [-0.1, -0.05) is 29.9 Å². The Labute approximate surface area is 224 Å². The molecule has 0 spiro atoms. The predicted molar refractivity (Wildman–Crippen MR) is 140 cm³/mol. The van der Waals surface area contributed by atoms with Crippen molar-refractivity contribution >= 4 is 34.3 Å². The van der Waals surface area contributed by atoms with Crippen LogP contribution in [0.15, 0.2) is 71.5 Å². The molecule has 12 heteroatoms. The Hall–Kier alpha value is -4.87. The lowest BCUT2D eigenvalue weighted by Crippen LogP contribution is -2.47. The fraction of sp³-hybridized carbons (Fsp3) is 0.179. The van der Waals surface area contributed by atoms with Gasteiger partial charge in [-0.25, -0.2) is 4.39 Å². The number of amides is 2. The molecule has 0 unspecified atom stereocenters. The van der Waals surface area contributed by atoms with E-state index in [9.17, 15) is 27.2 Å². The number of nitrogens with two attached hydrogens (primary N) is 1. The number of alkyl halides is 3. The maximum absolute atomic E-state index is 13.4. The van der Waals surface area contributed by atoms with Crippen LogP contribution in [0.5, 0.6) is 5.75 Å². The number of fused-ring (bicyclic) bond motifs is 1. The molecule has 8 nitrogen and oxygen atoms in total. The van der Waals surface area contributed by atoms with E-state index in [1.54, 1.807) is 42.5 Å². The number of hydrogen-bond donors (Lipinski definition) is 3. The van der Waals surface area contributed by atoms with E-state index in [0.717, 1.165) is 0 Å². The number of nitrogens with zero attached hydrogens (tertiary/aromatic N) is 1. The van der Waals surface area contributed by atoms with E-state index in [-0.39, 0.29) is 30.0 Å². The molecule has 0 radical (unpaired) electrons. The van der Waals surface area contributed by atoms with E-state index in [0.29, 0.717) is 38.9 Å². The standard InChI is InChI=1S/C28H22F4N4O4/c1-14(29)25(37)34-17-6-3-15(4-7-17)18-9-10-20-23(24(33)36-40-20)22(18)16-5-8-19(21(13-16)39-2)26(38)35-27(11-12-27)28(30,31)32/h3-10,13H,1,11-12H2,2H3,(H2,33,36)(H,34,37)(H,35,38). The molecule has 1 aromatic heterocycles. The van der Waals surface area contributed by atoms with E-state index in [2.05, 4.69) is 22.4 Å². The van der Waals surface area contributed by atoms with Gasteiger partial charge in [-0.05, 0) is 65.9 Å². The minimum atomic E-state index is -4.57. The third-order valence-electron chi connectivity index (χ3n) is 6.75. The fourth-order valence-corrected chi connectivity index (χ4v) is 4.45. The van der Waals surface area contributed by atoms with Crippen LogP contribution in [-0.2, 0) is 4.79 Å². The number of carbonyl (C=O) groups excluding carboxylic acids is 2. The molecule has 4 aromatic rings. The van der Waals surface area contributed by atoms with Crippen molar-refractivity contribution in [3.05, 3.63) is 72.6 Å². The monoisotopic (exact) mass is 554 g/mol. The molecular weight excluding hydrogens is 532 g/mol. The van der Waals surface area contributed by atoms with Crippen LogP contribution in [0.1, 0.15) is 23.2 Å². The van der Waals surface area contributed by atoms with Gasteiger partial charge in [-0.15, -0.1) is 0 Å². The van der Waals surface area contributed by atoms with Gasteiger partial charge in [-0.3, -0.25) is 9.59 Å². The smallest absolute Gasteiger partial charge is 0.411 e. The molecular formula is C28H22F4N4O4. The maximum atomic E-state index is 13.4. The third kappa shape index (κ3) is 4.72. The van der Waals surface area contributed by atoms with E-state index in [1.807, 2.05) is 0 Å². The van der Waals surface area contributed by atoms with Gasteiger partial charge in [0.15, 0.2) is 17.2 Å². The summed E-state index contributed by atoms with van der Waals surface area (Å²) in [5, 5.41) is 8.80. The molecule has 0 atom stereocenters. The first kappa shape index (κ1) is 26.7. The molecule has 1 heterocycles. The summed E-state index contributed by atoms with van der Waals surface area (Å²) in [5.41, 5.74) is 6.97. The molecule has 1 saturated carbocycles. The molecule has 1 fully saturated rings. The lowest BCUT2D eigenvalue weighted by atomic mass is 9.90. The number of carbonyl (C=O) groups is 2. The summed E-state index contributed by atoms with van der Waals surface area (Å²) in [7, 11) is 1.31. The minimum Gasteiger partial charge on any atom is -0.496 e. The van der Waals surface area contributed by atoms with Gasteiger partial charge in [0, 0.05) is 11.3 Å². The van der Waals surface area contributed by atoms with Crippen LogP contribution in [-0.4, -0.2) is 35.8 Å². The van der Waals surface area contributed by atoms with Crippen LogP contribution in [0.3, 0.4) is 0 Å². The number of anilines is 2. The number of rotatable bonds is 7. The second kappa shape index (κ2) is 9.70. The topological polar surface area (TPSA) is 119 Å². The Balaban J connectivity index is 1.57. The second-order valence-corrected chi connectivity index (χ2v) is 9.31. The molecule has 0 aliphatic heterocycles. The minimum absolute atomic E-state index is 0.0514. The zero-order valence-corrected chi connectivity index (χ0v) is 21.0. The number of nitrogen functional groups attached to an aromatic ring is 1. The van der Waals surface area contributed by atoms with Crippen molar-refractivity contribution in [1.29, 1.82) is 0 Å². The summed E-state index contributed by atoms with van der Waals surface area (Å²) < 4.78 is 64.0. The van der Waals surface area contributed by atoms with Gasteiger partial charge in [-0.2, -0.15) is 13.2 Å². The Bertz CT molecular complexity index is 1660. The fourth-order valence-electron chi connectivity index (χ4n) is 4.45. The van der Waals surface area contributed by atoms with Crippen LogP contribution in [0.25, 0.3) is 33.2 Å².